The second-order valence-electron chi connectivity index (χ2n) is 5.86. The lowest BCUT2D eigenvalue weighted by Crippen LogP contribution is -2.39. The van der Waals surface area contributed by atoms with E-state index in [9.17, 15) is 9.59 Å². The molecular weight excluding hydrogens is 360 g/mol. The molecule has 0 unspecified atom stereocenters. The van der Waals surface area contributed by atoms with Gasteiger partial charge in [-0.15, -0.1) is 0 Å². The first-order chi connectivity index (χ1) is 12.0. The third-order valence-electron chi connectivity index (χ3n) is 4.05. The van der Waals surface area contributed by atoms with E-state index in [-0.39, 0.29) is 11.2 Å². The molecule has 2 aromatic heterocycles. The van der Waals surface area contributed by atoms with E-state index in [0.717, 1.165) is 22.9 Å². The highest BCUT2D eigenvalue weighted by molar-refractivity contribution is 7.98. The topological polar surface area (TPSA) is 61.8 Å². The number of hydrogen-bond acceptors (Lipinski definition) is 4. The Hall–Kier alpha value is -1.99. The highest BCUT2D eigenvalue weighted by Crippen LogP contribution is 2.16. The van der Waals surface area contributed by atoms with Crippen LogP contribution in [0.2, 0.25) is 5.02 Å². The largest absolute Gasteiger partial charge is 0.332 e. The maximum absolute atomic E-state index is 12.6. The van der Waals surface area contributed by atoms with Crippen molar-refractivity contribution in [3.8, 4) is 0 Å². The summed E-state index contributed by atoms with van der Waals surface area (Å²) in [5.74, 6) is 1.74. The molecule has 0 bridgehead atoms. The number of rotatable bonds is 6. The summed E-state index contributed by atoms with van der Waals surface area (Å²) in [6, 6.07) is 7.77. The summed E-state index contributed by atoms with van der Waals surface area (Å²) in [6.07, 6.45) is 2.30. The maximum atomic E-state index is 12.6. The summed E-state index contributed by atoms with van der Waals surface area (Å²) in [6.45, 7) is 0.403. The number of aryl methyl sites for hydroxylation is 2. The zero-order chi connectivity index (χ0) is 18.0. The van der Waals surface area contributed by atoms with E-state index in [1.165, 1.54) is 14.7 Å². The van der Waals surface area contributed by atoms with Gasteiger partial charge in [-0.25, -0.2) is 9.78 Å². The molecule has 132 valence electrons. The van der Waals surface area contributed by atoms with Crippen molar-refractivity contribution in [2.45, 2.75) is 18.7 Å². The molecule has 8 heteroatoms. The summed E-state index contributed by atoms with van der Waals surface area (Å²) in [4.78, 5) is 29.1. The molecule has 0 radical (unpaired) electrons. The van der Waals surface area contributed by atoms with Crippen LogP contribution in [-0.2, 0) is 26.4 Å². The molecule has 0 aliphatic carbocycles. The van der Waals surface area contributed by atoms with Gasteiger partial charge in [-0.3, -0.25) is 13.9 Å². The van der Waals surface area contributed by atoms with Gasteiger partial charge in [-0.1, -0.05) is 23.7 Å². The minimum Gasteiger partial charge on any atom is -0.328 e. The summed E-state index contributed by atoms with van der Waals surface area (Å²) in [5.41, 5.74) is 1.49. The van der Waals surface area contributed by atoms with Crippen molar-refractivity contribution in [2.24, 2.45) is 14.1 Å². The van der Waals surface area contributed by atoms with Crippen molar-refractivity contribution >= 4 is 34.5 Å². The molecule has 0 fully saturated rings. The molecular formula is C17H19ClN4O2S. The molecule has 0 atom stereocenters. The monoisotopic (exact) mass is 378 g/mol. The van der Waals surface area contributed by atoms with Crippen molar-refractivity contribution in [1.29, 1.82) is 0 Å². The Bertz CT molecular complexity index is 1000. The van der Waals surface area contributed by atoms with E-state index in [1.807, 2.05) is 24.3 Å². The lowest BCUT2D eigenvalue weighted by atomic mass is 10.2. The van der Waals surface area contributed by atoms with Crippen molar-refractivity contribution in [2.75, 3.05) is 5.75 Å². The predicted octanol–water partition coefficient (Wildman–Crippen LogP) is 2.41. The molecule has 0 spiro atoms. The third kappa shape index (κ3) is 3.67. The number of thioether (sulfide) groups is 1. The van der Waals surface area contributed by atoms with E-state index in [2.05, 4.69) is 4.98 Å². The lowest BCUT2D eigenvalue weighted by molar-refractivity contribution is 0.594. The number of aromatic nitrogens is 4. The van der Waals surface area contributed by atoms with Crippen LogP contribution < -0.4 is 11.2 Å². The number of imidazole rings is 1. The Morgan fingerprint density at radius 1 is 1.16 bits per heavy atom. The SMILES string of the molecule is Cn1cnc2c1c(=O)n(CCCSCc1ccc(Cl)cc1)c(=O)n2C. The van der Waals surface area contributed by atoms with Gasteiger partial charge in [0.05, 0.1) is 6.33 Å². The Morgan fingerprint density at radius 2 is 1.88 bits per heavy atom. The van der Waals surface area contributed by atoms with Gasteiger partial charge in [0.2, 0.25) is 0 Å². The van der Waals surface area contributed by atoms with Gasteiger partial charge in [0, 0.05) is 31.4 Å². The van der Waals surface area contributed by atoms with Gasteiger partial charge in [-0.2, -0.15) is 11.8 Å². The number of halogens is 1. The molecule has 0 aliphatic rings. The highest BCUT2D eigenvalue weighted by Gasteiger charge is 2.14. The first-order valence-electron chi connectivity index (χ1n) is 7.92. The first-order valence-corrected chi connectivity index (χ1v) is 9.45. The molecule has 0 saturated heterocycles. The normalized spacial score (nSPS) is 11.3. The minimum absolute atomic E-state index is 0.277. The standard InChI is InChI=1S/C17H19ClN4O2S/c1-20-11-19-15-14(20)16(23)22(17(24)21(15)2)8-3-9-25-10-12-4-6-13(18)7-5-12/h4-7,11H,3,8-10H2,1-2H3. The van der Waals surface area contributed by atoms with Crippen LogP contribution in [0.25, 0.3) is 11.2 Å². The van der Waals surface area contributed by atoms with Gasteiger partial charge in [0.15, 0.2) is 11.2 Å². The molecule has 0 aliphatic heterocycles. The van der Waals surface area contributed by atoms with Crippen LogP contribution >= 0.6 is 23.4 Å². The van der Waals surface area contributed by atoms with Crippen molar-refractivity contribution in [1.82, 2.24) is 18.7 Å². The van der Waals surface area contributed by atoms with Crippen LogP contribution in [0, 0.1) is 0 Å². The van der Waals surface area contributed by atoms with E-state index in [1.54, 1.807) is 36.8 Å². The van der Waals surface area contributed by atoms with Gasteiger partial charge >= 0.3 is 5.69 Å². The average Bonchev–Trinajstić information content (AvgIpc) is 2.99. The van der Waals surface area contributed by atoms with Gasteiger partial charge in [-0.05, 0) is 29.9 Å². The van der Waals surface area contributed by atoms with Crippen LogP contribution in [-0.4, -0.2) is 24.4 Å². The van der Waals surface area contributed by atoms with Gasteiger partial charge in [0.25, 0.3) is 5.56 Å². The zero-order valence-corrected chi connectivity index (χ0v) is 15.7. The van der Waals surface area contributed by atoms with E-state index in [4.69, 9.17) is 11.6 Å². The molecule has 1 aromatic carbocycles. The summed E-state index contributed by atoms with van der Waals surface area (Å²) in [7, 11) is 3.40. The van der Waals surface area contributed by atoms with Crippen LogP contribution in [0.3, 0.4) is 0 Å². The minimum atomic E-state index is -0.320. The Labute approximate surface area is 154 Å². The number of hydrogen-bond donors (Lipinski definition) is 0. The smallest absolute Gasteiger partial charge is 0.328 e. The molecule has 0 saturated carbocycles. The fourth-order valence-corrected chi connectivity index (χ4v) is 3.72. The Balaban J connectivity index is 1.65. The summed E-state index contributed by atoms with van der Waals surface area (Å²) < 4.78 is 4.38. The molecule has 25 heavy (non-hydrogen) atoms. The Morgan fingerprint density at radius 3 is 2.60 bits per heavy atom. The second-order valence-corrected chi connectivity index (χ2v) is 7.40. The van der Waals surface area contributed by atoms with Crippen LogP contribution in [0.5, 0.6) is 0 Å². The van der Waals surface area contributed by atoms with Crippen molar-refractivity contribution in [3.63, 3.8) is 0 Å². The van der Waals surface area contributed by atoms with Gasteiger partial charge < -0.3 is 4.57 Å². The predicted molar refractivity (Wildman–Crippen MR) is 102 cm³/mol. The van der Waals surface area contributed by atoms with E-state index in [0.29, 0.717) is 17.7 Å². The van der Waals surface area contributed by atoms with E-state index < -0.39 is 0 Å². The quantitative estimate of drug-likeness (QED) is 0.618. The highest BCUT2D eigenvalue weighted by atomic mass is 35.5. The molecule has 0 N–H and O–H groups in total. The second kappa shape index (κ2) is 7.49. The number of benzene rings is 1. The molecule has 6 nitrogen and oxygen atoms in total. The third-order valence-corrected chi connectivity index (χ3v) is 5.42. The van der Waals surface area contributed by atoms with Crippen molar-refractivity contribution in [3.05, 3.63) is 62.0 Å². The lowest BCUT2D eigenvalue weighted by Gasteiger charge is -2.08. The van der Waals surface area contributed by atoms with Crippen LogP contribution in [0.15, 0.2) is 40.2 Å². The average molecular weight is 379 g/mol. The van der Waals surface area contributed by atoms with Crippen molar-refractivity contribution < 1.29 is 0 Å². The zero-order valence-electron chi connectivity index (χ0n) is 14.1. The first kappa shape index (κ1) is 17.8. The van der Waals surface area contributed by atoms with Crippen LogP contribution in [0.1, 0.15) is 12.0 Å². The number of fused-ring (bicyclic) bond motifs is 1. The summed E-state index contributed by atoms with van der Waals surface area (Å²) in [5, 5.41) is 0.731. The number of nitrogens with zero attached hydrogens (tertiary/aromatic N) is 4. The molecule has 0 amide bonds. The fourth-order valence-electron chi connectivity index (χ4n) is 2.69. The Kier molecular flexibility index (Phi) is 5.34. The molecule has 2 heterocycles. The van der Waals surface area contributed by atoms with Crippen LogP contribution in [0.4, 0.5) is 0 Å². The van der Waals surface area contributed by atoms with Gasteiger partial charge in [0.1, 0.15) is 0 Å². The molecule has 3 rings (SSSR count). The maximum Gasteiger partial charge on any atom is 0.332 e. The molecule has 3 aromatic rings. The summed E-state index contributed by atoms with van der Waals surface area (Å²) >= 11 is 7.64. The van der Waals surface area contributed by atoms with E-state index >= 15 is 0 Å². The fraction of sp³-hybridized carbons (Fsp3) is 0.353.